The van der Waals surface area contributed by atoms with E-state index in [-0.39, 0.29) is 21.8 Å². The van der Waals surface area contributed by atoms with Gasteiger partial charge in [0.2, 0.25) is 10.0 Å². The number of anilines is 2. The molecular formula is C21H17ClFN3O2S2. The number of rotatable bonds is 5. The van der Waals surface area contributed by atoms with E-state index in [4.69, 9.17) is 17.3 Å². The number of alkyl halides is 1. The predicted octanol–water partition coefficient (Wildman–Crippen LogP) is 5.16. The van der Waals surface area contributed by atoms with Gasteiger partial charge in [0, 0.05) is 11.3 Å². The zero-order valence-corrected chi connectivity index (χ0v) is 18.2. The van der Waals surface area contributed by atoms with Crippen molar-refractivity contribution in [3.05, 3.63) is 87.9 Å². The summed E-state index contributed by atoms with van der Waals surface area (Å²) >= 11 is 7.84. The van der Waals surface area contributed by atoms with E-state index >= 15 is 4.39 Å². The largest absolute Gasteiger partial charge is 0.398 e. The van der Waals surface area contributed by atoms with Crippen molar-refractivity contribution in [1.82, 2.24) is 4.98 Å². The monoisotopic (exact) mass is 461 g/mol. The van der Waals surface area contributed by atoms with Gasteiger partial charge in [-0.05, 0) is 41.5 Å². The molecule has 0 saturated heterocycles. The lowest BCUT2D eigenvalue weighted by Crippen LogP contribution is -2.24. The molecule has 30 heavy (non-hydrogen) atoms. The molecule has 0 radical (unpaired) electrons. The fraction of sp³-hybridized carbons (Fsp3) is 0.0952. The first kappa shape index (κ1) is 20.6. The molecule has 1 heterocycles. The highest BCUT2D eigenvalue weighted by molar-refractivity contribution is 7.92. The molecule has 5 nitrogen and oxygen atoms in total. The number of hydrogen-bond donors (Lipinski definition) is 2. The van der Waals surface area contributed by atoms with E-state index < -0.39 is 15.7 Å². The second-order valence-electron chi connectivity index (χ2n) is 6.85. The fourth-order valence-corrected chi connectivity index (χ4v) is 4.88. The number of sulfonamides is 1. The molecule has 0 aliphatic carbocycles. The SMILES string of the molecule is CS(=O)(=O)Nc1ccc(C(F)(c2ccc3ncsc3c2)c2cccc(N)c2Cl)cc1. The Morgan fingerprint density at radius 1 is 1.10 bits per heavy atom. The number of nitrogens with two attached hydrogens (primary N) is 1. The van der Waals surface area contributed by atoms with Gasteiger partial charge in [-0.1, -0.05) is 41.9 Å². The lowest BCUT2D eigenvalue weighted by Gasteiger charge is -2.29. The molecule has 3 N–H and O–H groups in total. The molecule has 1 unspecified atom stereocenters. The number of nitrogen functional groups attached to an aromatic ring is 1. The third-order valence-corrected chi connectivity index (χ3v) is 6.53. The third-order valence-electron chi connectivity index (χ3n) is 4.71. The summed E-state index contributed by atoms with van der Waals surface area (Å²) in [7, 11) is -3.45. The Kier molecular flexibility index (Phi) is 5.17. The standard InChI is InChI=1S/C21H17ClFN3O2S2/c1-30(27,28)26-15-8-5-13(6-9-15)21(23,16-3-2-4-17(24)20(16)22)14-7-10-18-19(11-14)29-12-25-18/h2-12,26H,24H2,1H3. The van der Waals surface area contributed by atoms with Crippen LogP contribution in [0.2, 0.25) is 5.02 Å². The van der Waals surface area contributed by atoms with Crippen molar-refractivity contribution in [3.8, 4) is 0 Å². The smallest absolute Gasteiger partial charge is 0.229 e. The number of benzene rings is 3. The maximum absolute atomic E-state index is 17.0. The highest BCUT2D eigenvalue weighted by Gasteiger charge is 2.39. The Hall–Kier alpha value is -2.68. The van der Waals surface area contributed by atoms with Crippen molar-refractivity contribution >= 4 is 54.6 Å². The summed E-state index contributed by atoms with van der Waals surface area (Å²) in [6.45, 7) is 0. The molecule has 154 valence electrons. The second-order valence-corrected chi connectivity index (χ2v) is 9.87. The molecule has 0 aliphatic heterocycles. The molecule has 9 heteroatoms. The minimum Gasteiger partial charge on any atom is -0.398 e. The van der Waals surface area contributed by atoms with Crippen LogP contribution in [0.3, 0.4) is 0 Å². The summed E-state index contributed by atoms with van der Waals surface area (Å²) in [5.41, 5.74) is 7.79. The van der Waals surface area contributed by atoms with Crippen LogP contribution in [0.5, 0.6) is 0 Å². The highest BCUT2D eigenvalue weighted by Crippen LogP contribution is 2.46. The lowest BCUT2D eigenvalue weighted by molar-refractivity contribution is 0.281. The first-order valence-electron chi connectivity index (χ1n) is 8.84. The lowest BCUT2D eigenvalue weighted by atomic mass is 9.81. The average Bonchev–Trinajstić information content (AvgIpc) is 3.17. The Labute approximate surface area is 182 Å². The van der Waals surface area contributed by atoms with Crippen LogP contribution < -0.4 is 10.5 Å². The van der Waals surface area contributed by atoms with Gasteiger partial charge in [-0.3, -0.25) is 4.72 Å². The number of nitrogens with zero attached hydrogens (tertiary/aromatic N) is 1. The van der Waals surface area contributed by atoms with Crippen LogP contribution in [0.25, 0.3) is 10.2 Å². The van der Waals surface area contributed by atoms with E-state index in [0.29, 0.717) is 11.3 Å². The number of halogens is 2. The fourth-order valence-electron chi connectivity index (χ4n) is 3.34. The zero-order chi connectivity index (χ0) is 21.5. The van der Waals surface area contributed by atoms with Gasteiger partial charge in [0.15, 0.2) is 5.67 Å². The Morgan fingerprint density at radius 3 is 2.50 bits per heavy atom. The van der Waals surface area contributed by atoms with Crippen molar-refractivity contribution in [2.24, 2.45) is 0 Å². The molecule has 4 aromatic rings. The first-order chi connectivity index (χ1) is 14.2. The summed E-state index contributed by atoms with van der Waals surface area (Å²) in [5, 5.41) is 0.128. The van der Waals surface area contributed by atoms with Gasteiger partial charge >= 0.3 is 0 Å². The summed E-state index contributed by atoms with van der Waals surface area (Å²) in [5.74, 6) is 0. The number of hydrogen-bond acceptors (Lipinski definition) is 5. The van der Waals surface area contributed by atoms with Crippen LogP contribution in [-0.4, -0.2) is 19.7 Å². The van der Waals surface area contributed by atoms with Crippen LogP contribution >= 0.6 is 22.9 Å². The number of fused-ring (bicyclic) bond motifs is 1. The molecule has 3 aromatic carbocycles. The summed E-state index contributed by atoms with van der Waals surface area (Å²) in [6.07, 6.45) is 1.05. The van der Waals surface area contributed by atoms with Crippen molar-refractivity contribution in [3.63, 3.8) is 0 Å². The molecule has 0 saturated carbocycles. The summed E-state index contributed by atoms with van der Waals surface area (Å²) in [4.78, 5) is 4.25. The quantitative estimate of drug-likeness (QED) is 0.317. The molecule has 0 bridgehead atoms. The molecule has 0 spiro atoms. The molecule has 1 atom stereocenters. The van der Waals surface area contributed by atoms with Crippen LogP contribution in [0.15, 0.2) is 66.2 Å². The van der Waals surface area contributed by atoms with Crippen molar-refractivity contribution in [2.75, 3.05) is 16.7 Å². The van der Waals surface area contributed by atoms with Gasteiger partial charge < -0.3 is 5.73 Å². The normalized spacial score (nSPS) is 13.8. The van der Waals surface area contributed by atoms with Gasteiger partial charge in [-0.2, -0.15) is 0 Å². The maximum atomic E-state index is 17.0. The first-order valence-corrected chi connectivity index (χ1v) is 12.0. The van der Waals surface area contributed by atoms with Crippen LogP contribution in [0.4, 0.5) is 15.8 Å². The van der Waals surface area contributed by atoms with Gasteiger partial charge in [-0.25, -0.2) is 17.8 Å². The Morgan fingerprint density at radius 2 is 1.80 bits per heavy atom. The van der Waals surface area contributed by atoms with Gasteiger partial charge in [0.05, 0.1) is 32.7 Å². The van der Waals surface area contributed by atoms with E-state index in [2.05, 4.69) is 9.71 Å². The van der Waals surface area contributed by atoms with E-state index in [1.165, 1.54) is 35.6 Å². The Balaban J connectivity index is 1.92. The zero-order valence-electron chi connectivity index (χ0n) is 15.8. The molecule has 0 amide bonds. The van der Waals surface area contributed by atoms with Crippen molar-refractivity contribution in [1.29, 1.82) is 0 Å². The average molecular weight is 462 g/mol. The highest BCUT2D eigenvalue weighted by atomic mass is 35.5. The van der Waals surface area contributed by atoms with E-state index in [1.54, 1.807) is 41.9 Å². The van der Waals surface area contributed by atoms with Crippen LogP contribution in [0.1, 0.15) is 16.7 Å². The molecule has 1 aromatic heterocycles. The number of aromatic nitrogens is 1. The summed E-state index contributed by atoms with van der Waals surface area (Å²) < 4.78 is 43.2. The number of thiazole rings is 1. The van der Waals surface area contributed by atoms with Gasteiger partial charge in [-0.15, -0.1) is 11.3 Å². The maximum Gasteiger partial charge on any atom is 0.229 e. The van der Waals surface area contributed by atoms with Crippen LogP contribution in [0, 0.1) is 0 Å². The molecule has 0 aliphatic rings. The third kappa shape index (κ3) is 3.74. The second kappa shape index (κ2) is 7.54. The molecule has 0 fully saturated rings. The minimum atomic E-state index is -3.45. The van der Waals surface area contributed by atoms with Crippen molar-refractivity contribution in [2.45, 2.75) is 5.67 Å². The molecular weight excluding hydrogens is 445 g/mol. The summed E-state index contributed by atoms with van der Waals surface area (Å²) in [6, 6.07) is 16.1. The molecule has 4 rings (SSSR count). The number of nitrogens with one attached hydrogen (secondary N) is 1. The van der Waals surface area contributed by atoms with E-state index in [9.17, 15) is 8.42 Å². The van der Waals surface area contributed by atoms with E-state index in [1.807, 2.05) is 0 Å². The Bertz CT molecular complexity index is 1340. The van der Waals surface area contributed by atoms with Gasteiger partial charge in [0.1, 0.15) is 0 Å². The van der Waals surface area contributed by atoms with E-state index in [0.717, 1.165) is 16.5 Å². The minimum absolute atomic E-state index is 0.128. The van der Waals surface area contributed by atoms with Crippen molar-refractivity contribution < 1.29 is 12.8 Å². The predicted molar refractivity (Wildman–Crippen MR) is 121 cm³/mol. The van der Waals surface area contributed by atoms with Gasteiger partial charge in [0.25, 0.3) is 0 Å². The van der Waals surface area contributed by atoms with Crippen LogP contribution in [-0.2, 0) is 15.7 Å². The topological polar surface area (TPSA) is 85.1 Å².